The van der Waals surface area contributed by atoms with Crippen LogP contribution < -0.4 is 15.0 Å². The second kappa shape index (κ2) is 9.20. The third-order valence-electron chi connectivity index (χ3n) is 6.06. The highest BCUT2D eigenvalue weighted by molar-refractivity contribution is 6.00. The van der Waals surface area contributed by atoms with E-state index in [0.717, 1.165) is 5.69 Å². The highest BCUT2D eigenvalue weighted by atomic mass is 16.5. The summed E-state index contributed by atoms with van der Waals surface area (Å²) in [7, 11) is 1.59. The molecule has 31 heavy (non-hydrogen) atoms. The van der Waals surface area contributed by atoms with Crippen molar-refractivity contribution in [1.82, 2.24) is 4.90 Å². The fraction of sp³-hybridized carbons (Fsp3) is 0.375. The minimum Gasteiger partial charge on any atom is -0.497 e. The lowest BCUT2D eigenvalue weighted by Crippen LogP contribution is -2.44. The Morgan fingerprint density at radius 1 is 1.00 bits per heavy atom. The summed E-state index contributed by atoms with van der Waals surface area (Å²) in [6.45, 7) is 1.48. The molecule has 1 N–H and O–H groups in total. The Balaban J connectivity index is 1.30. The molecule has 2 aliphatic heterocycles. The zero-order chi connectivity index (χ0) is 21.8. The van der Waals surface area contributed by atoms with Crippen molar-refractivity contribution in [3.8, 4) is 5.75 Å². The van der Waals surface area contributed by atoms with Gasteiger partial charge in [-0.3, -0.25) is 14.4 Å². The first-order valence-corrected chi connectivity index (χ1v) is 10.6. The largest absolute Gasteiger partial charge is 0.497 e. The number of carbonyl (C=O) groups is 3. The molecule has 2 aliphatic rings. The topological polar surface area (TPSA) is 79.0 Å². The Labute approximate surface area is 182 Å². The molecule has 2 saturated heterocycles. The molecule has 2 aromatic rings. The van der Waals surface area contributed by atoms with Crippen molar-refractivity contribution in [3.63, 3.8) is 0 Å². The summed E-state index contributed by atoms with van der Waals surface area (Å²) in [5, 5.41) is 2.94. The van der Waals surface area contributed by atoms with E-state index < -0.39 is 0 Å². The van der Waals surface area contributed by atoms with E-state index in [9.17, 15) is 14.4 Å². The number of methoxy groups -OCH3 is 1. The first-order chi connectivity index (χ1) is 15.0. The standard InChI is InChI=1S/C24H27N3O4/c1-31-21-9-5-6-19(15-21)25-23(29)17-10-12-26(13-11-17)24(30)18-14-22(28)27(16-18)20-7-3-2-4-8-20/h2-9,15,17-18H,10-14,16H2,1H3,(H,25,29)/t18-/m1/s1. The van der Waals surface area contributed by atoms with Gasteiger partial charge in [-0.25, -0.2) is 0 Å². The Morgan fingerprint density at radius 3 is 2.45 bits per heavy atom. The Morgan fingerprint density at radius 2 is 1.74 bits per heavy atom. The van der Waals surface area contributed by atoms with Crippen LogP contribution in [0.15, 0.2) is 54.6 Å². The molecule has 0 spiro atoms. The molecule has 2 aromatic carbocycles. The fourth-order valence-corrected chi connectivity index (χ4v) is 4.30. The number of hydrogen-bond acceptors (Lipinski definition) is 4. The lowest BCUT2D eigenvalue weighted by atomic mass is 9.94. The maximum atomic E-state index is 13.0. The highest BCUT2D eigenvalue weighted by Crippen LogP contribution is 2.28. The van der Waals surface area contributed by atoms with Crippen LogP contribution in [-0.4, -0.2) is 49.4 Å². The number of likely N-dealkylation sites (tertiary alicyclic amines) is 1. The van der Waals surface area contributed by atoms with Gasteiger partial charge in [0.25, 0.3) is 0 Å². The second-order valence-electron chi connectivity index (χ2n) is 8.06. The third-order valence-corrected chi connectivity index (χ3v) is 6.06. The van der Waals surface area contributed by atoms with Gasteiger partial charge in [0, 0.05) is 49.4 Å². The Bertz CT molecular complexity index is 954. The highest BCUT2D eigenvalue weighted by Gasteiger charge is 2.38. The van der Waals surface area contributed by atoms with Crippen LogP contribution in [0.4, 0.5) is 11.4 Å². The molecule has 0 aliphatic carbocycles. The normalized spacial score (nSPS) is 19.4. The number of hydrogen-bond donors (Lipinski definition) is 1. The molecule has 2 heterocycles. The van der Waals surface area contributed by atoms with Gasteiger partial charge in [0.15, 0.2) is 0 Å². The maximum Gasteiger partial charge on any atom is 0.228 e. The predicted molar refractivity (Wildman–Crippen MR) is 118 cm³/mol. The molecule has 7 heteroatoms. The molecule has 0 bridgehead atoms. The van der Waals surface area contributed by atoms with Gasteiger partial charge in [-0.1, -0.05) is 24.3 Å². The van der Waals surface area contributed by atoms with Crippen molar-refractivity contribution >= 4 is 29.1 Å². The summed E-state index contributed by atoms with van der Waals surface area (Å²) >= 11 is 0. The molecule has 7 nitrogen and oxygen atoms in total. The SMILES string of the molecule is COc1cccc(NC(=O)C2CCN(C(=O)[C@@H]3CC(=O)N(c4ccccc4)C3)CC2)c1. The van der Waals surface area contributed by atoms with Crippen LogP contribution in [0.3, 0.4) is 0 Å². The third kappa shape index (κ3) is 4.71. The Kier molecular flexibility index (Phi) is 6.21. The molecule has 0 aromatic heterocycles. The number of rotatable bonds is 5. The van der Waals surface area contributed by atoms with Crippen molar-refractivity contribution in [2.24, 2.45) is 11.8 Å². The number of nitrogens with one attached hydrogen (secondary N) is 1. The summed E-state index contributed by atoms with van der Waals surface area (Å²) in [5.74, 6) is 0.187. The molecule has 4 rings (SSSR count). The van der Waals surface area contributed by atoms with E-state index in [-0.39, 0.29) is 36.0 Å². The molecular weight excluding hydrogens is 394 g/mol. The number of anilines is 2. The fourth-order valence-electron chi connectivity index (χ4n) is 4.30. The molecule has 0 saturated carbocycles. The van der Waals surface area contributed by atoms with Crippen LogP contribution in [0.25, 0.3) is 0 Å². The van der Waals surface area contributed by atoms with Crippen LogP contribution in [0.1, 0.15) is 19.3 Å². The number of carbonyl (C=O) groups excluding carboxylic acids is 3. The van der Waals surface area contributed by atoms with E-state index in [4.69, 9.17) is 4.74 Å². The minimum absolute atomic E-state index is 0.0124. The lowest BCUT2D eigenvalue weighted by Gasteiger charge is -2.33. The average Bonchev–Trinajstić information content (AvgIpc) is 3.21. The van der Waals surface area contributed by atoms with E-state index in [1.54, 1.807) is 18.1 Å². The Hall–Kier alpha value is -3.35. The number of piperidine rings is 1. The first kappa shape index (κ1) is 20.9. The van der Waals surface area contributed by atoms with Gasteiger partial charge in [0.2, 0.25) is 17.7 Å². The summed E-state index contributed by atoms with van der Waals surface area (Å²) < 4.78 is 5.19. The van der Waals surface area contributed by atoms with Gasteiger partial charge in [0.1, 0.15) is 5.75 Å². The van der Waals surface area contributed by atoms with Gasteiger partial charge in [-0.2, -0.15) is 0 Å². The van der Waals surface area contributed by atoms with Crippen molar-refractivity contribution in [3.05, 3.63) is 54.6 Å². The maximum absolute atomic E-state index is 13.0. The van der Waals surface area contributed by atoms with Gasteiger partial charge in [-0.05, 0) is 37.1 Å². The van der Waals surface area contributed by atoms with Crippen molar-refractivity contribution in [2.45, 2.75) is 19.3 Å². The number of benzene rings is 2. The van der Waals surface area contributed by atoms with E-state index in [2.05, 4.69) is 5.32 Å². The number of ether oxygens (including phenoxy) is 1. The zero-order valence-electron chi connectivity index (χ0n) is 17.6. The molecule has 162 valence electrons. The molecule has 3 amide bonds. The summed E-state index contributed by atoms with van der Waals surface area (Å²) in [5.41, 5.74) is 1.53. The predicted octanol–water partition coefficient (Wildman–Crippen LogP) is 2.93. The van der Waals surface area contributed by atoms with Crippen LogP contribution in [0.5, 0.6) is 5.75 Å². The molecule has 2 fully saturated rings. The van der Waals surface area contributed by atoms with Crippen molar-refractivity contribution in [1.29, 1.82) is 0 Å². The quantitative estimate of drug-likeness (QED) is 0.805. The smallest absolute Gasteiger partial charge is 0.228 e. The number of nitrogens with zero attached hydrogens (tertiary/aromatic N) is 2. The van der Waals surface area contributed by atoms with Crippen molar-refractivity contribution < 1.29 is 19.1 Å². The first-order valence-electron chi connectivity index (χ1n) is 10.6. The van der Waals surface area contributed by atoms with Crippen LogP contribution >= 0.6 is 0 Å². The molecule has 0 unspecified atom stereocenters. The van der Waals surface area contributed by atoms with E-state index in [1.807, 2.05) is 53.4 Å². The van der Waals surface area contributed by atoms with Crippen LogP contribution in [0.2, 0.25) is 0 Å². The van der Waals surface area contributed by atoms with Gasteiger partial charge >= 0.3 is 0 Å². The minimum atomic E-state index is -0.324. The summed E-state index contributed by atoms with van der Waals surface area (Å²) in [6, 6.07) is 16.7. The monoisotopic (exact) mass is 421 g/mol. The zero-order valence-corrected chi connectivity index (χ0v) is 17.6. The molecule has 1 atom stereocenters. The molecule has 0 radical (unpaired) electrons. The second-order valence-corrected chi connectivity index (χ2v) is 8.06. The number of amides is 3. The molecular formula is C24H27N3O4. The van der Waals surface area contributed by atoms with Gasteiger partial charge in [-0.15, -0.1) is 0 Å². The van der Waals surface area contributed by atoms with E-state index >= 15 is 0 Å². The summed E-state index contributed by atoms with van der Waals surface area (Å²) in [6.07, 6.45) is 1.47. The van der Waals surface area contributed by atoms with Gasteiger partial charge in [0.05, 0.1) is 13.0 Å². The summed E-state index contributed by atoms with van der Waals surface area (Å²) in [4.78, 5) is 41.6. The average molecular weight is 421 g/mol. The van der Waals surface area contributed by atoms with Crippen molar-refractivity contribution in [2.75, 3.05) is 37.0 Å². The lowest BCUT2D eigenvalue weighted by molar-refractivity contribution is -0.138. The number of para-hydroxylation sites is 1. The van der Waals surface area contributed by atoms with Crippen LogP contribution in [0, 0.1) is 11.8 Å². The van der Waals surface area contributed by atoms with E-state index in [0.29, 0.717) is 43.9 Å². The van der Waals surface area contributed by atoms with Crippen LogP contribution in [-0.2, 0) is 14.4 Å². The van der Waals surface area contributed by atoms with E-state index in [1.165, 1.54) is 0 Å². The van der Waals surface area contributed by atoms with Gasteiger partial charge < -0.3 is 19.9 Å².